The third-order valence-electron chi connectivity index (χ3n) is 3.47. The average Bonchev–Trinajstić information content (AvgIpc) is 3.01. The molecule has 0 saturated carbocycles. The Labute approximate surface area is 161 Å². The van der Waals surface area contributed by atoms with Gasteiger partial charge in [-0.3, -0.25) is 4.79 Å². The van der Waals surface area contributed by atoms with E-state index in [-0.39, 0.29) is 23.0 Å². The Kier molecular flexibility index (Phi) is 5.54. The molecule has 1 unspecified atom stereocenters. The fourth-order valence-corrected chi connectivity index (χ4v) is 3.33. The molecule has 3 rings (SSSR count). The molecule has 1 amide bonds. The maximum absolute atomic E-state index is 12.3. The summed E-state index contributed by atoms with van der Waals surface area (Å²) in [7, 11) is -3.80. The highest BCUT2D eigenvalue weighted by atomic mass is 35.5. The van der Waals surface area contributed by atoms with Crippen LogP contribution in [0.3, 0.4) is 0 Å². The van der Waals surface area contributed by atoms with Gasteiger partial charge in [0.1, 0.15) is 10.9 Å². The Hall–Kier alpha value is -2.75. The monoisotopic (exact) mass is 406 g/mol. The lowest BCUT2D eigenvalue weighted by Crippen LogP contribution is -2.21. The predicted molar refractivity (Wildman–Crippen MR) is 100.0 cm³/mol. The third-order valence-corrected chi connectivity index (χ3v) is 5.06. The highest BCUT2D eigenvalue weighted by Gasteiger charge is 2.22. The van der Waals surface area contributed by atoms with Crippen molar-refractivity contribution >= 4 is 39.4 Å². The number of aryl methyl sites for hydroxylation is 1. The summed E-state index contributed by atoms with van der Waals surface area (Å²) < 4.78 is 31.8. The molecule has 2 N–H and O–H groups in total. The van der Waals surface area contributed by atoms with Crippen molar-refractivity contribution in [3.05, 3.63) is 65.1 Å². The number of benzene rings is 1. The van der Waals surface area contributed by atoms with Crippen molar-refractivity contribution in [1.82, 2.24) is 10.1 Å². The Balaban J connectivity index is 1.63. The molecular weight excluding hydrogens is 392 g/mol. The van der Waals surface area contributed by atoms with Crippen LogP contribution in [0.2, 0.25) is 5.15 Å². The first-order valence-electron chi connectivity index (χ1n) is 7.78. The van der Waals surface area contributed by atoms with Crippen molar-refractivity contribution in [2.45, 2.75) is 18.2 Å². The number of rotatable bonds is 6. The summed E-state index contributed by atoms with van der Waals surface area (Å²) in [6.07, 6.45) is 1.64. The van der Waals surface area contributed by atoms with Crippen LogP contribution in [-0.4, -0.2) is 20.6 Å². The molecule has 0 fully saturated rings. The van der Waals surface area contributed by atoms with Crippen LogP contribution in [0, 0.1) is 6.92 Å². The molecule has 0 aliphatic carbocycles. The standard InChI is InChI=1S/C17H15ClN4O4S/c1-11-8-16(21-26-11)22-27(24,25)14-5-3-13(4-6-14)20-17(23)9-12-2-7-15(18)19-10-12/h2-8,10H,9H2,1H3,(H2-,20,21,22,23,24,25). The minimum absolute atomic E-state index is 0.0306. The molecule has 2 heterocycles. The largest absolute Gasteiger partial charge is 0.588 e. The molecule has 140 valence electrons. The minimum Gasteiger partial charge on any atom is -0.588 e. The molecular formula is C17H15ClN4O4S. The molecule has 10 heteroatoms. The van der Waals surface area contributed by atoms with Gasteiger partial charge in [-0.15, -0.1) is 0 Å². The predicted octanol–water partition coefficient (Wildman–Crippen LogP) is 3.23. The van der Waals surface area contributed by atoms with Crippen LogP contribution in [-0.2, 0) is 25.8 Å². The van der Waals surface area contributed by atoms with Crippen LogP contribution in [0.5, 0.6) is 0 Å². The van der Waals surface area contributed by atoms with E-state index in [1.807, 2.05) is 0 Å². The van der Waals surface area contributed by atoms with Crippen LogP contribution < -0.4 is 10.0 Å². The van der Waals surface area contributed by atoms with Crippen LogP contribution in [0.1, 0.15) is 11.3 Å². The molecule has 0 bridgehead atoms. The Morgan fingerprint density at radius 2 is 2.00 bits per heavy atom. The van der Waals surface area contributed by atoms with Gasteiger partial charge in [-0.05, 0) is 42.8 Å². The zero-order valence-electron chi connectivity index (χ0n) is 14.1. The van der Waals surface area contributed by atoms with E-state index in [0.717, 1.165) is 0 Å². The second-order valence-corrected chi connectivity index (χ2v) is 7.74. The summed E-state index contributed by atoms with van der Waals surface area (Å²) in [5.41, 5.74) is 1.18. The molecule has 0 aliphatic heterocycles. The Morgan fingerprint density at radius 1 is 1.26 bits per heavy atom. The van der Waals surface area contributed by atoms with Crippen molar-refractivity contribution in [3.8, 4) is 0 Å². The smallest absolute Gasteiger partial charge is 0.228 e. The summed E-state index contributed by atoms with van der Waals surface area (Å²) in [4.78, 5) is 16.0. The minimum atomic E-state index is -3.80. The van der Waals surface area contributed by atoms with Gasteiger partial charge in [-0.1, -0.05) is 27.0 Å². The van der Waals surface area contributed by atoms with Crippen LogP contribution in [0.15, 0.2) is 58.1 Å². The van der Waals surface area contributed by atoms with Gasteiger partial charge in [0.05, 0.1) is 6.42 Å². The Morgan fingerprint density at radius 3 is 2.59 bits per heavy atom. The maximum atomic E-state index is 12.3. The summed E-state index contributed by atoms with van der Waals surface area (Å²) in [5.74, 6) is 0.328. The lowest BCUT2D eigenvalue weighted by atomic mass is 10.2. The number of hydrogen-bond donors (Lipinski definition) is 2. The number of carbonyl (C=O) groups excluding carboxylic acids is 1. The molecule has 27 heavy (non-hydrogen) atoms. The van der Waals surface area contributed by atoms with Crippen LogP contribution in [0.4, 0.5) is 11.5 Å². The van der Waals surface area contributed by atoms with E-state index >= 15 is 0 Å². The van der Waals surface area contributed by atoms with E-state index in [2.05, 4.69) is 20.2 Å². The molecule has 0 aliphatic rings. The molecule has 1 atom stereocenters. The average molecular weight is 407 g/mol. The van der Waals surface area contributed by atoms with Gasteiger partial charge < -0.3 is 14.4 Å². The van der Waals surface area contributed by atoms with Crippen molar-refractivity contribution in [2.75, 3.05) is 10.0 Å². The van der Waals surface area contributed by atoms with Crippen molar-refractivity contribution in [1.29, 1.82) is 0 Å². The van der Waals surface area contributed by atoms with E-state index in [1.54, 1.807) is 19.1 Å². The van der Waals surface area contributed by atoms with Gasteiger partial charge in [0, 0.05) is 18.0 Å². The van der Waals surface area contributed by atoms with Gasteiger partial charge in [0.15, 0.2) is 15.3 Å². The molecule has 8 nitrogen and oxygen atoms in total. The second-order valence-electron chi connectivity index (χ2n) is 5.67. The van der Waals surface area contributed by atoms with Gasteiger partial charge >= 0.3 is 0 Å². The number of nitrogens with one attached hydrogen (secondary N) is 2. The quantitative estimate of drug-likeness (QED) is 0.479. The number of hydrogen-bond acceptors (Lipinski definition) is 6. The van der Waals surface area contributed by atoms with E-state index in [0.29, 0.717) is 22.2 Å². The number of carbonyl (C=O) groups is 1. The molecule has 0 saturated heterocycles. The summed E-state index contributed by atoms with van der Waals surface area (Å²) in [5, 5.41) is 6.64. The van der Waals surface area contributed by atoms with Crippen LogP contribution >= 0.6 is 11.6 Å². The first kappa shape index (κ1) is 19.0. The lowest BCUT2D eigenvalue weighted by molar-refractivity contribution is -0.115. The fourth-order valence-electron chi connectivity index (χ4n) is 2.23. The van der Waals surface area contributed by atoms with Gasteiger partial charge in [0.25, 0.3) is 0 Å². The number of sulfonamides is 1. The van der Waals surface area contributed by atoms with E-state index in [9.17, 15) is 13.6 Å². The Bertz CT molecular complexity index is 989. The van der Waals surface area contributed by atoms with E-state index in [4.69, 9.17) is 16.1 Å². The highest BCUT2D eigenvalue weighted by molar-refractivity contribution is 7.98. The summed E-state index contributed by atoms with van der Waals surface area (Å²) in [6.45, 7) is 1.66. The van der Waals surface area contributed by atoms with Crippen molar-refractivity contribution in [2.24, 2.45) is 0 Å². The van der Waals surface area contributed by atoms with E-state index < -0.39 is 10.4 Å². The van der Waals surface area contributed by atoms with Crippen LogP contribution in [0.25, 0.3) is 0 Å². The van der Waals surface area contributed by atoms with Gasteiger partial charge in [-0.25, -0.2) is 4.98 Å². The SMILES string of the molecule is Cc1cc(N[S+](=O)([O-])c2ccc(NC(=O)Cc3ccc(Cl)nc3)cc2)no1. The number of anilines is 2. The van der Waals surface area contributed by atoms with Crippen molar-refractivity contribution in [3.63, 3.8) is 0 Å². The highest BCUT2D eigenvalue weighted by Crippen LogP contribution is 2.22. The molecule has 3 aromatic rings. The normalized spacial score (nSPS) is 13.0. The lowest BCUT2D eigenvalue weighted by Gasteiger charge is -2.14. The topological polar surface area (TPSA) is 120 Å². The summed E-state index contributed by atoms with van der Waals surface area (Å²) in [6, 6.07) is 10.6. The van der Waals surface area contributed by atoms with E-state index in [1.165, 1.54) is 36.5 Å². The molecule has 2 aromatic heterocycles. The van der Waals surface area contributed by atoms with Gasteiger partial charge in [-0.2, -0.15) is 4.72 Å². The van der Waals surface area contributed by atoms with Gasteiger partial charge in [0.2, 0.25) is 11.7 Å². The maximum Gasteiger partial charge on any atom is 0.228 e. The molecule has 0 spiro atoms. The first-order chi connectivity index (χ1) is 12.8. The zero-order valence-corrected chi connectivity index (χ0v) is 15.7. The second kappa shape index (κ2) is 7.87. The zero-order chi connectivity index (χ0) is 19.4. The summed E-state index contributed by atoms with van der Waals surface area (Å²) >= 11 is 5.71. The number of halogens is 1. The number of nitrogens with zero attached hydrogens (tertiary/aromatic N) is 2. The number of pyridine rings is 1. The third kappa shape index (κ3) is 5.13. The number of aromatic nitrogens is 2. The molecule has 0 radical (unpaired) electrons. The van der Waals surface area contributed by atoms with Crippen molar-refractivity contribution < 1.29 is 18.1 Å². The fraction of sp³-hybridized carbons (Fsp3) is 0.118. The first-order valence-corrected chi connectivity index (χ1v) is 9.64. The number of amides is 1. The molecule has 1 aromatic carbocycles.